The van der Waals surface area contributed by atoms with E-state index in [0.29, 0.717) is 58.2 Å². The maximum Gasteiger partial charge on any atom is 0.312 e. The molecule has 40 heavy (non-hydrogen) atoms. The highest BCUT2D eigenvalue weighted by atomic mass is 16.6. The molecule has 0 aliphatic carbocycles. The highest BCUT2D eigenvalue weighted by Crippen LogP contribution is 2.58. The number of ether oxygens (including phenoxy) is 2. The summed E-state index contributed by atoms with van der Waals surface area (Å²) in [5.74, 6) is -2.69. The van der Waals surface area contributed by atoms with E-state index in [9.17, 15) is 24.3 Å². The highest BCUT2D eigenvalue weighted by Gasteiger charge is 2.75. The van der Waals surface area contributed by atoms with Crippen molar-refractivity contribution in [1.82, 2.24) is 15.1 Å². The number of amides is 3. The van der Waals surface area contributed by atoms with E-state index in [1.165, 1.54) is 0 Å². The number of unbranched alkanes of at least 4 members (excludes halogenated alkanes) is 3. The molecular formula is C30H47N3O7. The molecule has 1 spiro atoms. The molecule has 3 saturated heterocycles. The maximum absolute atomic E-state index is 14.1. The van der Waals surface area contributed by atoms with E-state index in [2.05, 4.69) is 25.4 Å². The van der Waals surface area contributed by atoms with E-state index in [-0.39, 0.29) is 30.9 Å². The van der Waals surface area contributed by atoms with Gasteiger partial charge in [0.15, 0.2) is 0 Å². The average Bonchev–Trinajstić information content (AvgIpc) is 3.58. The van der Waals surface area contributed by atoms with Gasteiger partial charge in [-0.1, -0.05) is 25.5 Å². The van der Waals surface area contributed by atoms with E-state index in [1.807, 2.05) is 0 Å². The topological polar surface area (TPSA) is 125 Å². The van der Waals surface area contributed by atoms with Crippen molar-refractivity contribution in [3.8, 4) is 0 Å². The van der Waals surface area contributed by atoms with Crippen LogP contribution in [0.2, 0.25) is 0 Å². The van der Waals surface area contributed by atoms with Crippen molar-refractivity contribution in [2.45, 2.75) is 95.5 Å². The second-order valence-electron chi connectivity index (χ2n) is 11.2. The van der Waals surface area contributed by atoms with Gasteiger partial charge in [-0.15, -0.1) is 13.2 Å². The molecule has 0 aromatic rings. The Morgan fingerprint density at radius 2 is 2.02 bits per heavy atom. The number of nitrogens with zero attached hydrogens (tertiary/aromatic N) is 2. The van der Waals surface area contributed by atoms with E-state index in [4.69, 9.17) is 9.47 Å². The summed E-state index contributed by atoms with van der Waals surface area (Å²) in [5, 5.41) is 12.0. The molecule has 2 N–H and O–H groups in total. The van der Waals surface area contributed by atoms with Crippen LogP contribution in [0.4, 0.5) is 0 Å². The fourth-order valence-electron chi connectivity index (χ4n) is 6.38. The summed E-state index contributed by atoms with van der Waals surface area (Å²) in [5.41, 5.74) is -1.08. The van der Waals surface area contributed by atoms with Crippen LogP contribution in [0.25, 0.3) is 0 Å². The third-order valence-corrected chi connectivity index (χ3v) is 8.29. The van der Waals surface area contributed by atoms with Gasteiger partial charge in [0.25, 0.3) is 0 Å². The third kappa shape index (κ3) is 6.77. The largest absolute Gasteiger partial charge is 0.460 e. The molecule has 0 aromatic heterocycles. The van der Waals surface area contributed by atoms with Gasteiger partial charge in [-0.25, -0.2) is 0 Å². The van der Waals surface area contributed by atoms with Gasteiger partial charge in [0.2, 0.25) is 17.7 Å². The molecule has 3 rings (SSSR count). The third-order valence-electron chi connectivity index (χ3n) is 8.29. The zero-order chi connectivity index (χ0) is 29.3. The van der Waals surface area contributed by atoms with E-state index in [0.717, 1.165) is 19.3 Å². The van der Waals surface area contributed by atoms with Crippen molar-refractivity contribution in [1.29, 1.82) is 0 Å². The highest BCUT2D eigenvalue weighted by molar-refractivity contribution is 5.98. The number of likely N-dealkylation sites (tertiary alicyclic amines) is 1. The average molecular weight is 562 g/mol. The lowest BCUT2D eigenvalue weighted by Crippen LogP contribution is -2.56. The monoisotopic (exact) mass is 561 g/mol. The SMILES string of the molecule is C=CCCC(=O)NC[C@@H](C)OC(=O)[C@@H]1[C@H]2C(=O)N(CCCCCO)[C@H](C(=O)N(CC=C)CCCC)[C@]23CC[C@H]1O3. The van der Waals surface area contributed by atoms with Gasteiger partial charge in [-0.05, 0) is 51.9 Å². The summed E-state index contributed by atoms with van der Waals surface area (Å²) in [6, 6.07) is -0.819. The maximum atomic E-state index is 14.1. The van der Waals surface area contributed by atoms with Crippen molar-refractivity contribution in [3.63, 3.8) is 0 Å². The summed E-state index contributed by atoms with van der Waals surface area (Å²) in [6.07, 6.45) is 7.95. The van der Waals surface area contributed by atoms with Crippen LogP contribution in [0.1, 0.15) is 71.6 Å². The lowest BCUT2D eigenvalue weighted by atomic mass is 9.70. The summed E-state index contributed by atoms with van der Waals surface area (Å²) in [6.45, 7) is 12.7. The molecule has 6 atom stereocenters. The first-order valence-corrected chi connectivity index (χ1v) is 14.8. The van der Waals surface area contributed by atoms with Gasteiger partial charge < -0.3 is 29.7 Å². The zero-order valence-corrected chi connectivity index (χ0v) is 24.1. The first-order valence-electron chi connectivity index (χ1n) is 14.8. The molecule has 3 amide bonds. The molecule has 2 bridgehead atoms. The number of carbonyl (C=O) groups is 4. The van der Waals surface area contributed by atoms with Crippen molar-refractivity contribution in [3.05, 3.63) is 25.3 Å². The van der Waals surface area contributed by atoms with E-state index in [1.54, 1.807) is 28.9 Å². The normalized spacial score (nSPS) is 27.3. The molecule has 224 valence electrons. The lowest BCUT2D eigenvalue weighted by molar-refractivity contribution is -0.159. The molecule has 10 nitrogen and oxygen atoms in total. The van der Waals surface area contributed by atoms with Crippen LogP contribution in [0, 0.1) is 11.8 Å². The Bertz CT molecular complexity index is 940. The van der Waals surface area contributed by atoms with Crippen molar-refractivity contribution < 1.29 is 33.8 Å². The lowest BCUT2D eigenvalue weighted by Gasteiger charge is -2.36. The van der Waals surface area contributed by atoms with Crippen molar-refractivity contribution in [2.75, 3.05) is 32.8 Å². The molecule has 3 aliphatic heterocycles. The van der Waals surface area contributed by atoms with E-state index < -0.39 is 41.7 Å². The Kier molecular flexibility index (Phi) is 11.7. The molecule has 3 fully saturated rings. The molecule has 0 aromatic carbocycles. The van der Waals surface area contributed by atoms with Crippen LogP contribution in [0.3, 0.4) is 0 Å². The minimum atomic E-state index is -1.08. The van der Waals surface area contributed by atoms with Crippen molar-refractivity contribution >= 4 is 23.7 Å². The predicted molar refractivity (Wildman–Crippen MR) is 150 cm³/mol. The number of fused-ring (bicyclic) bond motifs is 1. The molecule has 3 aliphatic rings. The number of allylic oxidation sites excluding steroid dienone is 1. The first kappa shape index (κ1) is 31.8. The van der Waals surface area contributed by atoms with Crippen LogP contribution in [0.5, 0.6) is 0 Å². The standard InChI is InChI=1S/C30H47N3O7/c1-5-8-13-23(35)31-20-21(4)39-29(38)24-22-14-15-30(40-22)25(24)27(36)33(18-11-10-12-19-34)26(30)28(37)32(16-7-3)17-9-6-2/h5,7,21-22,24-26,34H,1,3,6,8-20H2,2,4H3,(H,31,35)/t21-,22-,24+,25+,26-,30+/m1/s1. The predicted octanol–water partition coefficient (Wildman–Crippen LogP) is 2.35. The first-order chi connectivity index (χ1) is 19.2. The number of aliphatic hydroxyl groups excluding tert-OH is 1. The Morgan fingerprint density at radius 3 is 2.70 bits per heavy atom. The van der Waals surface area contributed by atoms with Crippen LogP contribution < -0.4 is 5.32 Å². The quantitative estimate of drug-likeness (QED) is 0.150. The van der Waals surface area contributed by atoms with Crippen LogP contribution in [-0.4, -0.2) is 95.2 Å². The summed E-state index contributed by atoms with van der Waals surface area (Å²) in [4.78, 5) is 56.9. The molecule has 10 heteroatoms. The number of rotatable bonds is 18. The second kappa shape index (κ2) is 14.8. The van der Waals surface area contributed by atoms with Gasteiger partial charge in [0.05, 0.1) is 24.5 Å². The smallest absolute Gasteiger partial charge is 0.312 e. The summed E-state index contributed by atoms with van der Waals surface area (Å²) >= 11 is 0. The summed E-state index contributed by atoms with van der Waals surface area (Å²) in [7, 11) is 0. The Balaban J connectivity index is 1.81. The van der Waals surface area contributed by atoms with E-state index >= 15 is 0 Å². The Morgan fingerprint density at radius 1 is 1.25 bits per heavy atom. The van der Waals surface area contributed by atoms with Crippen LogP contribution >= 0.6 is 0 Å². The Hall–Kier alpha value is -2.72. The Labute approximate surface area is 238 Å². The fraction of sp³-hybridized carbons (Fsp3) is 0.733. The molecular weight excluding hydrogens is 514 g/mol. The molecule has 0 radical (unpaired) electrons. The summed E-state index contributed by atoms with van der Waals surface area (Å²) < 4.78 is 12.2. The van der Waals surface area contributed by atoms with Crippen LogP contribution in [0.15, 0.2) is 25.3 Å². The van der Waals surface area contributed by atoms with Gasteiger partial charge in [-0.3, -0.25) is 19.2 Å². The van der Waals surface area contributed by atoms with Gasteiger partial charge in [0.1, 0.15) is 17.7 Å². The zero-order valence-electron chi connectivity index (χ0n) is 24.1. The van der Waals surface area contributed by atoms with Gasteiger partial charge >= 0.3 is 5.97 Å². The van der Waals surface area contributed by atoms with Gasteiger partial charge in [-0.2, -0.15) is 0 Å². The number of aliphatic hydroxyl groups is 1. The number of esters is 1. The molecule has 0 unspecified atom stereocenters. The number of hydrogen-bond donors (Lipinski definition) is 2. The van der Waals surface area contributed by atoms with Crippen molar-refractivity contribution in [2.24, 2.45) is 11.8 Å². The fourth-order valence-corrected chi connectivity index (χ4v) is 6.38. The second-order valence-corrected chi connectivity index (χ2v) is 11.2. The number of nitrogens with one attached hydrogen (secondary N) is 1. The minimum absolute atomic E-state index is 0.0681. The minimum Gasteiger partial charge on any atom is -0.460 e. The van der Waals surface area contributed by atoms with Crippen LogP contribution in [-0.2, 0) is 28.7 Å². The molecule has 3 heterocycles. The van der Waals surface area contributed by atoms with Gasteiger partial charge in [0, 0.05) is 32.7 Å². The molecule has 0 saturated carbocycles. The number of carbonyl (C=O) groups excluding carboxylic acids is 4. The number of hydrogen-bond acceptors (Lipinski definition) is 7.